The zero-order valence-electron chi connectivity index (χ0n) is 22.9. The molecule has 0 radical (unpaired) electrons. The largest absolute Gasteiger partial charge is 0.390 e. The van der Waals surface area contributed by atoms with Gasteiger partial charge in [-0.3, -0.25) is 19.2 Å². The second-order valence-corrected chi connectivity index (χ2v) is 11.0. The number of hydrogen-bond donors (Lipinski definition) is 2. The molecule has 2 atom stereocenters. The number of aryl methyl sites for hydroxylation is 1. The highest BCUT2D eigenvalue weighted by Crippen LogP contribution is 2.28. The number of alkyl halides is 5. The van der Waals surface area contributed by atoms with Gasteiger partial charge in [0.2, 0.25) is 11.7 Å². The minimum absolute atomic E-state index is 0.00172. The Hall–Kier alpha value is -3.05. The average Bonchev–Trinajstić information content (AvgIpc) is 2.88. The summed E-state index contributed by atoms with van der Waals surface area (Å²) in [4.78, 5) is 50.9. The molecule has 0 aliphatic carbocycles. The predicted molar refractivity (Wildman–Crippen MR) is 148 cm³/mol. The molecule has 2 aromatic carbocycles. The summed E-state index contributed by atoms with van der Waals surface area (Å²) in [5.41, 5.74) is 1.33. The maximum Gasteiger partial charge on any atom is 0.390 e. The summed E-state index contributed by atoms with van der Waals surface area (Å²) in [5.74, 6) is -12.5. The van der Waals surface area contributed by atoms with Crippen LogP contribution < -0.4 is 10.6 Å². The van der Waals surface area contributed by atoms with E-state index in [1.165, 1.54) is 25.2 Å². The Morgan fingerprint density at radius 3 is 2.02 bits per heavy atom. The first-order valence-corrected chi connectivity index (χ1v) is 13.8. The van der Waals surface area contributed by atoms with E-state index in [0.29, 0.717) is 21.2 Å². The molecule has 230 valence electrons. The number of benzene rings is 2. The number of amides is 2. The van der Waals surface area contributed by atoms with E-state index in [1.54, 1.807) is 42.5 Å². The molecule has 0 aliphatic heterocycles. The molecule has 0 fully saturated rings. The van der Waals surface area contributed by atoms with Crippen LogP contribution in [0.25, 0.3) is 0 Å². The molecule has 6 nitrogen and oxygen atoms in total. The van der Waals surface area contributed by atoms with Crippen LogP contribution >= 0.6 is 23.2 Å². The van der Waals surface area contributed by atoms with Gasteiger partial charge in [0.25, 0.3) is 5.91 Å². The van der Waals surface area contributed by atoms with E-state index in [2.05, 4.69) is 5.32 Å². The fourth-order valence-corrected chi connectivity index (χ4v) is 4.71. The number of nitrogens with one attached hydrogen (secondary N) is 2. The quantitative estimate of drug-likeness (QED) is 0.181. The van der Waals surface area contributed by atoms with E-state index in [-0.39, 0.29) is 19.3 Å². The van der Waals surface area contributed by atoms with Crippen molar-refractivity contribution in [2.45, 2.75) is 64.1 Å². The lowest BCUT2D eigenvalue weighted by Crippen LogP contribution is -2.51. The molecule has 0 spiro atoms. The first kappa shape index (κ1) is 35.1. The summed E-state index contributed by atoms with van der Waals surface area (Å²) in [7, 11) is 0. The van der Waals surface area contributed by atoms with Crippen LogP contribution in [-0.2, 0) is 32.0 Å². The van der Waals surface area contributed by atoms with Gasteiger partial charge in [0, 0.05) is 35.3 Å². The highest BCUT2D eigenvalue weighted by Gasteiger charge is 2.51. The summed E-state index contributed by atoms with van der Waals surface area (Å²) in [5, 5.41) is 4.81. The van der Waals surface area contributed by atoms with Gasteiger partial charge in [-0.15, -0.1) is 0 Å². The SMILES string of the molecule is CC(C)[C@H](CC(=O)[C@H](Cc1ccccc1)NC(=O)CCc1cc(Cl)cc(Cl)c1)C(=O)C(F)(F)C(=O)NCCC(F)(F)F. The monoisotopic (exact) mass is 636 g/mol. The van der Waals surface area contributed by atoms with Crippen LogP contribution in [0.4, 0.5) is 22.0 Å². The van der Waals surface area contributed by atoms with E-state index in [0.717, 1.165) is 0 Å². The van der Waals surface area contributed by atoms with Crippen molar-refractivity contribution in [2.24, 2.45) is 11.8 Å². The van der Waals surface area contributed by atoms with Gasteiger partial charge in [-0.05, 0) is 48.1 Å². The van der Waals surface area contributed by atoms with Gasteiger partial charge in [0.05, 0.1) is 12.5 Å². The maximum absolute atomic E-state index is 14.7. The Balaban J connectivity index is 2.18. The Morgan fingerprint density at radius 2 is 1.48 bits per heavy atom. The summed E-state index contributed by atoms with van der Waals surface area (Å²) < 4.78 is 66.5. The smallest absolute Gasteiger partial charge is 0.350 e. The van der Waals surface area contributed by atoms with Crippen molar-refractivity contribution in [1.82, 2.24) is 10.6 Å². The summed E-state index contributed by atoms with van der Waals surface area (Å²) >= 11 is 12.0. The lowest BCUT2D eigenvalue weighted by atomic mass is 9.82. The molecule has 0 unspecified atom stereocenters. The molecule has 0 heterocycles. The molecule has 0 saturated heterocycles. The van der Waals surface area contributed by atoms with Crippen LogP contribution in [0, 0.1) is 11.8 Å². The first-order valence-electron chi connectivity index (χ1n) is 13.1. The first-order chi connectivity index (χ1) is 19.5. The van der Waals surface area contributed by atoms with Crippen molar-refractivity contribution >= 4 is 46.6 Å². The van der Waals surface area contributed by atoms with Crippen LogP contribution in [0.5, 0.6) is 0 Å². The third-order valence-electron chi connectivity index (χ3n) is 6.42. The summed E-state index contributed by atoms with van der Waals surface area (Å²) in [6.07, 6.45) is -6.80. The van der Waals surface area contributed by atoms with Crippen molar-refractivity contribution in [1.29, 1.82) is 0 Å². The van der Waals surface area contributed by atoms with Gasteiger partial charge in [0.1, 0.15) is 0 Å². The second kappa shape index (κ2) is 15.4. The van der Waals surface area contributed by atoms with E-state index in [9.17, 15) is 41.1 Å². The summed E-state index contributed by atoms with van der Waals surface area (Å²) in [6, 6.07) is 12.2. The number of ketones is 2. The zero-order chi connectivity index (χ0) is 31.7. The zero-order valence-corrected chi connectivity index (χ0v) is 24.4. The van der Waals surface area contributed by atoms with Gasteiger partial charge >= 0.3 is 12.1 Å². The van der Waals surface area contributed by atoms with E-state index in [4.69, 9.17) is 23.2 Å². The lowest BCUT2D eigenvalue weighted by molar-refractivity contribution is -0.163. The van der Waals surface area contributed by atoms with Crippen molar-refractivity contribution in [3.05, 3.63) is 69.7 Å². The Kier molecular flexibility index (Phi) is 12.9. The molecule has 2 amide bonds. The van der Waals surface area contributed by atoms with Gasteiger partial charge in [-0.1, -0.05) is 67.4 Å². The standard InChI is InChI=1S/C29H31Cl2F5N2O4/c1-17(2)22(26(41)29(35,36)27(42)37-11-10-28(32,33)34)16-24(39)23(14-18-6-4-3-5-7-18)38-25(40)9-8-19-12-20(30)15-21(31)13-19/h3-7,12-13,15,17,22-23H,8-11,14,16H2,1-2H3,(H,37,42)(H,38,40)/t22-,23-/m0/s1. The molecule has 2 rings (SSSR count). The van der Waals surface area contributed by atoms with E-state index >= 15 is 0 Å². The van der Waals surface area contributed by atoms with Gasteiger partial charge in [-0.2, -0.15) is 22.0 Å². The predicted octanol–water partition coefficient (Wildman–Crippen LogP) is 6.16. The van der Waals surface area contributed by atoms with Crippen LogP contribution in [0.15, 0.2) is 48.5 Å². The number of hydrogen-bond acceptors (Lipinski definition) is 4. The van der Waals surface area contributed by atoms with Crippen LogP contribution in [-0.4, -0.2) is 48.1 Å². The Morgan fingerprint density at radius 1 is 0.881 bits per heavy atom. The fraction of sp³-hybridized carbons (Fsp3) is 0.448. The molecule has 0 aromatic heterocycles. The molecule has 2 aromatic rings. The van der Waals surface area contributed by atoms with Crippen molar-refractivity contribution < 1.29 is 41.1 Å². The van der Waals surface area contributed by atoms with Crippen LogP contribution in [0.3, 0.4) is 0 Å². The van der Waals surface area contributed by atoms with Gasteiger partial charge in [-0.25, -0.2) is 0 Å². The fourth-order valence-electron chi connectivity index (χ4n) is 4.14. The lowest BCUT2D eigenvalue weighted by Gasteiger charge is -2.26. The normalized spacial score (nSPS) is 13.4. The van der Waals surface area contributed by atoms with Crippen molar-refractivity contribution in [3.63, 3.8) is 0 Å². The summed E-state index contributed by atoms with van der Waals surface area (Å²) in [6.45, 7) is 1.66. The topological polar surface area (TPSA) is 92.3 Å². The third kappa shape index (κ3) is 11.3. The second-order valence-electron chi connectivity index (χ2n) is 10.2. The van der Waals surface area contributed by atoms with Crippen molar-refractivity contribution in [2.75, 3.05) is 6.54 Å². The maximum atomic E-state index is 14.7. The molecule has 0 saturated carbocycles. The Labute approximate surface area is 250 Å². The Bertz CT molecular complexity index is 1240. The van der Waals surface area contributed by atoms with Crippen LogP contribution in [0.2, 0.25) is 10.0 Å². The number of carbonyl (C=O) groups excluding carboxylic acids is 4. The van der Waals surface area contributed by atoms with E-state index < -0.39 is 72.7 Å². The molecule has 13 heteroatoms. The van der Waals surface area contributed by atoms with Gasteiger partial charge in [0.15, 0.2) is 5.78 Å². The number of rotatable bonds is 15. The third-order valence-corrected chi connectivity index (χ3v) is 6.86. The highest BCUT2D eigenvalue weighted by molar-refractivity contribution is 6.34. The highest BCUT2D eigenvalue weighted by atomic mass is 35.5. The van der Waals surface area contributed by atoms with E-state index in [1.807, 2.05) is 0 Å². The number of Topliss-reactive ketones (excluding diaryl/α,β-unsaturated/α-hetero) is 2. The molecule has 2 N–H and O–H groups in total. The van der Waals surface area contributed by atoms with Crippen LogP contribution in [0.1, 0.15) is 44.2 Å². The molecule has 0 aliphatic rings. The van der Waals surface area contributed by atoms with Gasteiger partial charge < -0.3 is 10.6 Å². The average molecular weight is 637 g/mol. The minimum Gasteiger partial charge on any atom is -0.350 e. The molecule has 42 heavy (non-hydrogen) atoms. The number of halogens is 7. The number of carbonyl (C=O) groups is 4. The van der Waals surface area contributed by atoms with Crippen molar-refractivity contribution in [3.8, 4) is 0 Å². The molecule has 0 bridgehead atoms. The molecular weight excluding hydrogens is 606 g/mol. The molecular formula is C29H31Cl2F5N2O4. The minimum atomic E-state index is -4.70.